The minimum absolute atomic E-state index is 0.0148. The number of carbonyl (C=O) groups excluding carboxylic acids is 1. The number of hydrogen-bond acceptors (Lipinski definition) is 8. The van der Waals surface area contributed by atoms with Gasteiger partial charge in [-0.2, -0.15) is 39.5 Å². The zero-order valence-corrected chi connectivity index (χ0v) is 28.7. The van der Waals surface area contributed by atoms with Gasteiger partial charge in [-0.3, -0.25) is 9.69 Å². The maximum Gasteiger partial charge on any atom is 0.416 e. The number of anilines is 1. The number of aromatic nitrogens is 2. The van der Waals surface area contributed by atoms with Crippen LogP contribution in [0.1, 0.15) is 78.9 Å². The molecule has 0 saturated carbocycles. The summed E-state index contributed by atoms with van der Waals surface area (Å²) >= 11 is 0. The number of carbonyl (C=O) groups is 2. The van der Waals surface area contributed by atoms with Gasteiger partial charge in [0.25, 0.3) is 0 Å². The van der Waals surface area contributed by atoms with Crippen molar-refractivity contribution in [3.63, 3.8) is 0 Å². The van der Waals surface area contributed by atoms with Crippen molar-refractivity contribution in [1.82, 2.24) is 9.97 Å². The molecule has 1 aromatic heterocycles. The van der Waals surface area contributed by atoms with Crippen molar-refractivity contribution in [2.45, 2.75) is 70.1 Å². The van der Waals surface area contributed by atoms with E-state index >= 15 is 0 Å². The van der Waals surface area contributed by atoms with Crippen LogP contribution in [0.4, 0.5) is 50.0 Å². The Morgan fingerprint density at radius 3 is 2.08 bits per heavy atom. The zero-order chi connectivity index (χ0) is 39.7. The third kappa shape index (κ3) is 9.30. The topological polar surface area (TPSA) is 137 Å². The summed E-state index contributed by atoms with van der Waals surface area (Å²) in [6.45, 7) is 3.39. The Labute approximate surface area is 297 Å². The normalized spacial score (nSPS) is 18.1. The fourth-order valence-corrected chi connectivity index (χ4v) is 5.58. The SMILES string of the molecule is CC[C@]1(N)C[C@H](c2ncc(OCCOC)c(Cc3cc(C(F)(F)F)cc(C(F)(F)F)c3)n2)c2cc(C(F)(F)F)ccc2N1C(=O)OCC(C)(C)C(=O)O. The first kappa shape index (κ1) is 41.1. The van der Waals surface area contributed by atoms with Crippen LogP contribution in [0.15, 0.2) is 42.6 Å². The number of carboxylic acid groups (broad SMARTS) is 1. The molecule has 10 nitrogen and oxygen atoms in total. The zero-order valence-electron chi connectivity index (χ0n) is 28.7. The number of ether oxygens (including phenoxy) is 3. The lowest BCUT2D eigenvalue weighted by Gasteiger charge is -2.47. The third-order valence-corrected chi connectivity index (χ3v) is 8.63. The maximum absolute atomic E-state index is 14.0. The van der Waals surface area contributed by atoms with E-state index in [4.69, 9.17) is 19.9 Å². The van der Waals surface area contributed by atoms with Crippen LogP contribution >= 0.6 is 0 Å². The molecule has 1 aliphatic rings. The highest BCUT2D eigenvalue weighted by Crippen LogP contribution is 2.48. The molecule has 2 aromatic carbocycles. The first-order chi connectivity index (χ1) is 24.4. The van der Waals surface area contributed by atoms with Gasteiger partial charge in [0.2, 0.25) is 0 Å². The van der Waals surface area contributed by atoms with Gasteiger partial charge in [0.05, 0.1) is 46.3 Å². The second-order valence-corrected chi connectivity index (χ2v) is 13.0. The van der Waals surface area contributed by atoms with Crippen LogP contribution in [0.2, 0.25) is 0 Å². The van der Waals surface area contributed by atoms with Crippen LogP contribution in [0.25, 0.3) is 0 Å². The predicted molar refractivity (Wildman–Crippen MR) is 169 cm³/mol. The Bertz CT molecular complexity index is 1800. The average molecular weight is 767 g/mol. The highest BCUT2D eigenvalue weighted by atomic mass is 19.4. The molecule has 0 bridgehead atoms. The molecule has 19 heteroatoms. The summed E-state index contributed by atoms with van der Waals surface area (Å²) in [5, 5.41) is 9.47. The number of aliphatic carboxylic acids is 1. The van der Waals surface area contributed by atoms with E-state index in [1.54, 1.807) is 6.92 Å². The lowest BCUT2D eigenvalue weighted by Crippen LogP contribution is -2.62. The monoisotopic (exact) mass is 766 g/mol. The summed E-state index contributed by atoms with van der Waals surface area (Å²) in [6.07, 6.45) is -16.3. The van der Waals surface area contributed by atoms with Crippen molar-refractivity contribution < 1.29 is 68.4 Å². The van der Waals surface area contributed by atoms with E-state index in [1.165, 1.54) is 21.0 Å². The van der Waals surface area contributed by atoms with Crippen LogP contribution in [-0.4, -0.2) is 59.7 Å². The number of fused-ring (bicyclic) bond motifs is 1. The van der Waals surface area contributed by atoms with Gasteiger partial charge in [-0.1, -0.05) is 6.92 Å². The number of alkyl halides is 9. The third-order valence-electron chi connectivity index (χ3n) is 8.63. The number of nitrogens with two attached hydrogens (primary N) is 1. The van der Waals surface area contributed by atoms with E-state index in [0.29, 0.717) is 18.2 Å². The second-order valence-electron chi connectivity index (χ2n) is 13.0. The molecule has 53 heavy (non-hydrogen) atoms. The molecule has 0 spiro atoms. The number of rotatable bonds is 11. The summed E-state index contributed by atoms with van der Waals surface area (Å²) in [5.74, 6) is -2.91. The van der Waals surface area contributed by atoms with Crippen molar-refractivity contribution in [1.29, 1.82) is 0 Å². The van der Waals surface area contributed by atoms with Crippen LogP contribution in [0.5, 0.6) is 5.75 Å². The van der Waals surface area contributed by atoms with Gasteiger partial charge < -0.3 is 25.1 Å². The Balaban J connectivity index is 1.90. The van der Waals surface area contributed by atoms with E-state index < -0.39 is 82.9 Å². The molecule has 3 aromatic rings. The number of methoxy groups -OCH3 is 1. The standard InChI is InChI=1S/C34H35F9N4O6/c1-5-31(44)15-23(22-14-19(32(35,36)37)6-7-25(22)47(31)29(50)53-17-30(2,3)28(48)49)27-45-16-26(52-9-8-51-4)24(46-27)12-18-10-20(33(38,39)40)13-21(11-18)34(41,42)43/h6-7,10-11,13-14,16,23H,5,8-9,12,15,17,44H2,1-4H3,(H,48,49)/t23-,31+/m0/s1. The first-order valence-electron chi connectivity index (χ1n) is 15.9. The minimum atomic E-state index is -5.15. The summed E-state index contributed by atoms with van der Waals surface area (Å²) in [4.78, 5) is 34.8. The molecule has 290 valence electrons. The number of carboxylic acids is 1. The number of benzene rings is 2. The summed E-state index contributed by atoms with van der Waals surface area (Å²) in [7, 11) is 1.35. The Kier molecular flexibility index (Phi) is 11.6. The van der Waals surface area contributed by atoms with Gasteiger partial charge in [0, 0.05) is 19.4 Å². The summed E-state index contributed by atoms with van der Waals surface area (Å²) in [6, 6.07) is 3.41. The van der Waals surface area contributed by atoms with Crippen LogP contribution in [0, 0.1) is 5.41 Å². The minimum Gasteiger partial charge on any atom is -0.488 e. The Hall–Kier alpha value is -4.65. The quantitative estimate of drug-likeness (QED) is 0.148. The van der Waals surface area contributed by atoms with Crippen molar-refractivity contribution in [2.75, 3.05) is 31.8 Å². The van der Waals surface area contributed by atoms with E-state index in [0.717, 1.165) is 23.2 Å². The van der Waals surface area contributed by atoms with Crippen molar-refractivity contribution in [2.24, 2.45) is 11.1 Å². The molecule has 2 atom stereocenters. The van der Waals surface area contributed by atoms with E-state index in [-0.39, 0.29) is 60.6 Å². The van der Waals surface area contributed by atoms with E-state index in [2.05, 4.69) is 9.97 Å². The molecule has 1 amide bonds. The lowest BCUT2D eigenvalue weighted by atomic mass is 9.80. The van der Waals surface area contributed by atoms with E-state index in [9.17, 15) is 54.2 Å². The molecule has 0 aliphatic carbocycles. The van der Waals surface area contributed by atoms with E-state index in [1.807, 2.05) is 0 Å². The van der Waals surface area contributed by atoms with Gasteiger partial charge in [0.15, 0.2) is 5.75 Å². The molecular formula is C34H35F9N4O6. The van der Waals surface area contributed by atoms with Gasteiger partial charge in [0.1, 0.15) is 24.7 Å². The van der Waals surface area contributed by atoms with Crippen LogP contribution in [-0.2, 0) is 39.2 Å². The van der Waals surface area contributed by atoms with Crippen molar-refractivity contribution in [3.8, 4) is 5.75 Å². The molecule has 4 rings (SSSR count). The molecule has 1 aliphatic heterocycles. The van der Waals surface area contributed by atoms with Crippen molar-refractivity contribution >= 4 is 17.7 Å². The predicted octanol–water partition coefficient (Wildman–Crippen LogP) is 7.80. The van der Waals surface area contributed by atoms with Gasteiger partial charge in [-0.15, -0.1) is 0 Å². The lowest BCUT2D eigenvalue weighted by molar-refractivity contribution is -0.149. The first-order valence-corrected chi connectivity index (χ1v) is 15.9. The van der Waals surface area contributed by atoms with Gasteiger partial charge in [-0.05, 0) is 74.2 Å². The highest BCUT2D eigenvalue weighted by Gasteiger charge is 2.48. The number of hydrogen-bond donors (Lipinski definition) is 2. The number of amides is 1. The molecular weight excluding hydrogens is 731 g/mol. The van der Waals surface area contributed by atoms with Gasteiger partial charge in [-0.25, -0.2) is 14.8 Å². The molecule has 3 N–H and O–H groups in total. The Morgan fingerprint density at radius 2 is 1.55 bits per heavy atom. The highest BCUT2D eigenvalue weighted by molar-refractivity contribution is 5.92. The Morgan fingerprint density at radius 1 is 0.943 bits per heavy atom. The van der Waals surface area contributed by atoms with Gasteiger partial charge >= 0.3 is 30.6 Å². The number of halogens is 9. The molecule has 0 fully saturated rings. The molecule has 0 saturated heterocycles. The smallest absolute Gasteiger partial charge is 0.416 e. The van der Waals surface area contributed by atoms with Crippen LogP contribution < -0.4 is 15.4 Å². The second kappa shape index (κ2) is 15.0. The largest absolute Gasteiger partial charge is 0.488 e. The van der Waals surface area contributed by atoms with Crippen molar-refractivity contribution in [3.05, 3.63) is 81.9 Å². The van der Waals surface area contributed by atoms with Crippen LogP contribution in [0.3, 0.4) is 0 Å². The fraction of sp³-hybridized carbons (Fsp3) is 0.471. The molecule has 0 unspecified atom stereocenters. The fourth-order valence-electron chi connectivity index (χ4n) is 5.58. The average Bonchev–Trinajstić information content (AvgIpc) is 3.06. The molecule has 0 radical (unpaired) electrons. The summed E-state index contributed by atoms with van der Waals surface area (Å²) in [5.41, 5.74) is -1.79. The molecule has 2 heterocycles. The maximum atomic E-state index is 14.0. The number of nitrogens with zero attached hydrogens (tertiary/aromatic N) is 3. The summed E-state index contributed by atoms with van der Waals surface area (Å²) < 4.78 is 140.